The maximum atomic E-state index is 3.84. The van der Waals surface area contributed by atoms with Crippen LogP contribution in [-0.4, -0.2) is 6.04 Å². The first kappa shape index (κ1) is 11.7. The first-order valence-electron chi connectivity index (χ1n) is 6.78. The predicted molar refractivity (Wildman–Crippen MR) is 75.1 cm³/mol. The van der Waals surface area contributed by atoms with Crippen molar-refractivity contribution in [2.24, 2.45) is 5.92 Å². The molecule has 1 fully saturated rings. The van der Waals surface area contributed by atoms with Crippen LogP contribution in [0, 0.1) is 5.92 Å². The number of hydrogen-bond acceptors (Lipinski definition) is 1. The van der Waals surface area contributed by atoms with E-state index in [1.807, 2.05) is 0 Å². The molecule has 0 saturated heterocycles. The van der Waals surface area contributed by atoms with Gasteiger partial charge in [0.05, 0.1) is 0 Å². The topological polar surface area (TPSA) is 12.0 Å². The molecule has 0 radical (unpaired) electrons. The summed E-state index contributed by atoms with van der Waals surface area (Å²) in [4.78, 5) is 0. The Morgan fingerprint density at radius 1 is 1.29 bits per heavy atom. The van der Waals surface area contributed by atoms with Gasteiger partial charge in [0, 0.05) is 16.6 Å². The molecular weight excluding hydrogens is 274 g/mol. The van der Waals surface area contributed by atoms with E-state index in [0.29, 0.717) is 12.1 Å². The molecule has 1 aromatic carbocycles. The number of benzene rings is 1. The van der Waals surface area contributed by atoms with Crippen LogP contribution in [-0.2, 0) is 6.42 Å². The van der Waals surface area contributed by atoms with Gasteiger partial charge in [-0.05, 0) is 61.8 Å². The lowest BCUT2D eigenvalue weighted by atomic mass is 9.80. The van der Waals surface area contributed by atoms with Crippen LogP contribution in [0.2, 0.25) is 0 Å². The van der Waals surface area contributed by atoms with Gasteiger partial charge in [0.2, 0.25) is 0 Å². The Hall–Kier alpha value is -0.340. The lowest BCUT2D eigenvalue weighted by molar-refractivity contribution is 0.226. The van der Waals surface area contributed by atoms with Gasteiger partial charge >= 0.3 is 0 Å². The molecule has 92 valence electrons. The van der Waals surface area contributed by atoms with Gasteiger partial charge in [-0.15, -0.1) is 0 Å². The molecule has 2 aliphatic rings. The van der Waals surface area contributed by atoms with Crippen LogP contribution in [0.3, 0.4) is 0 Å². The molecule has 3 rings (SSSR count). The molecule has 0 heterocycles. The summed E-state index contributed by atoms with van der Waals surface area (Å²) in [5, 5.41) is 3.84. The highest BCUT2D eigenvalue weighted by Gasteiger charge is 2.28. The molecule has 0 aliphatic heterocycles. The van der Waals surface area contributed by atoms with Gasteiger partial charge < -0.3 is 5.32 Å². The number of rotatable bonds is 3. The van der Waals surface area contributed by atoms with Crippen LogP contribution < -0.4 is 5.32 Å². The van der Waals surface area contributed by atoms with Gasteiger partial charge in [-0.2, -0.15) is 0 Å². The van der Waals surface area contributed by atoms with E-state index in [-0.39, 0.29) is 0 Å². The van der Waals surface area contributed by atoms with E-state index in [9.17, 15) is 0 Å². The minimum Gasteiger partial charge on any atom is -0.307 e. The van der Waals surface area contributed by atoms with Crippen LogP contribution in [0.15, 0.2) is 22.7 Å². The summed E-state index contributed by atoms with van der Waals surface area (Å²) in [5.74, 6) is 0.925. The number of hydrogen-bond donors (Lipinski definition) is 1. The third-order valence-corrected chi connectivity index (χ3v) is 5.00. The third-order valence-electron chi connectivity index (χ3n) is 4.50. The summed E-state index contributed by atoms with van der Waals surface area (Å²) in [6.07, 6.45) is 6.78. The number of halogens is 1. The maximum absolute atomic E-state index is 3.84. The van der Waals surface area contributed by atoms with Gasteiger partial charge in [0.15, 0.2) is 0 Å². The van der Waals surface area contributed by atoms with E-state index < -0.39 is 0 Å². The van der Waals surface area contributed by atoms with Crippen molar-refractivity contribution in [1.29, 1.82) is 0 Å². The molecule has 0 aromatic heterocycles. The van der Waals surface area contributed by atoms with Crippen molar-refractivity contribution in [1.82, 2.24) is 5.32 Å². The lowest BCUT2D eigenvalue weighted by Crippen LogP contribution is -2.38. The summed E-state index contributed by atoms with van der Waals surface area (Å²) >= 11 is 3.56. The standard InChI is InChI=1S/C15H20BrN/c1-10(11-3-2-4-11)17-15-8-5-12-9-13(16)6-7-14(12)15/h6-7,9-11,15,17H,2-5,8H2,1H3. The van der Waals surface area contributed by atoms with Crippen LogP contribution in [0.1, 0.15) is 49.8 Å². The third kappa shape index (κ3) is 2.30. The van der Waals surface area contributed by atoms with E-state index in [4.69, 9.17) is 0 Å². The molecule has 1 N–H and O–H groups in total. The van der Waals surface area contributed by atoms with Crippen molar-refractivity contribution in [2.75, 3.05) is 0 Å². The molecule has 1 aromatic rings. The highest BCUT2D eigenvalue weighted by molar-refractivity contribution is 9.10. The minimum atomic E-state index is 0.591. The predicted octanol–water partition coefficient (Wildman–Crippen LogP) is 4.21. The molecule has 1 saturated carbocycles. The molecule has 1 nitrogen and oxygen atoms in total. The molecule has 0 bridgehead atoms. The van der Waals surface area contributed by atoms with Crippen molar-refractivity contribution in [2.45, 2.75) is 51.1 Å². The Kier molecular flexibility index (Phi) is 3.27. The highest BCUT2D eigenvalue weighted by Crippen LogP contribution is 2.36. The van der Waals surface area contributed by atoms with E-state index in [1.165, 1.54) is 47.7 Å². The Balaban J connectivity index is 1.70. The van der Waals surface area contributed by atoms with Crippen LogP contribution in [0.25, 0.3) is 0 Å². The summed E-state index contributed by atoms with van der Waals surface area (Å²) in [6.45, 7) is 2.36. The molecule has 0 spiro atoms. The molecule has 2 aliphatic carbocycles. The zero-order valence-corrected chi connectivity index (χ0v) is 12.0. The first-order valence-corrected chi connectivity index (χ1v) is 7.58. The second kappa shape index (κ2) is 4.74. The average molecular weight is 294 g/mol. The number of nitrogens with one attached hydrogen (secondary N) is 1. The van der Waals surface area contributed by atoms with Crippen molar-refractivity contribution in [3.8, 4) is 0 Å². The average Bonchev–Trinajstić information content (AvgIpc) is 2.58. The summed E-state index contributed by atoms with van der Waals surface area (Å²) in [5.41, 5.74) is 3.05. The van der Waals surface area contributed by atoms with Gasteiger partial charge in [-0.1, -0.05) is 28.4 Å². The quantitative estimate of drug-likeness (QED) is 0.880. The fraction of sp³-hybridized carbons (Fsp3) is 0.600. The minimum absolute atomic E-state index is 0.591. The van der Waals surface area contributed by atoms with E-state index >= 15 is 0 Å². The zero-order valence-electron chi connectivity index (χ0n) is 10.4. The normalized spacial score (nSPS) is 25.4. The van der Waals surface area contributed by atoms with Crippen molar-refractivity contribution in [3.63, 3.8) is 0 Å². The maximum Gasteiger partial charge on any atom is 0.0328 e. The van der Waals surface area contributed by atoms with E-state index in [0.717, 1.165) is 5.92 Å². The van der Waals surface area contributed by atoms with E-state index in [2.05, 4.69) is 46.4 Å². The zero-order chi connectivity index (χ0) is 11.8. The highest BCUT2D eigenvalue weighted by atomic mass is 79.9. The molecule has 17 heavy (non-hydrogen) atoms. The smallest absolute Gasteiger partial charge is 0.0328 e. The van der Waals surface area contributed by atoms with Crippen molar-refractivity contribution < 1.29 is 0 Å². The summed E-state index contributed by atoms with van der Waals surface area (Å²) < 4.78 is 1.21. The second-order valence-corrected chi connectivity index (χ2v) is 6.50. The Bertz CT molecular complexity index is 411. The van der Waals surface area contributed by atoms with E-state index in [1.54, 1.807) is 0 Å². The van der Waals surface area contributed by atoms with Crippen LogP contribution in [0.5, 0.6) is 0 Å². The van der Waals surface area contributed by atoms with Gasteiger partial charge in [-0.25, -0.2) is 0 Å². The first-order chi connectivity index (χ1) is 8.24. The fourth-order valence-corrected chi connectivity index (χ4v) is 3.56. The van der Waals surface area contributed by atoms with Crippen LogP contribution in [0.4, 0.5) is 0 Å². The molecule has 0 amide bonds. The monoisotopic (exact) mass is 293 g/mol. The van der Waals surface area contributed by atoms with Gasteiger partial charge in [0.1, 0.15) is 0 Å². The Labute approximate surface area is 112 Å². The lowest BCUT2D eigenvalue weighted by Gasteiger charge is -2.34. The van der Waals surface area contributed by atoms with Gasteiger partial charge in [-0.3, -0.25) is 0 Å². The Morgan fingerprint density at radius 3 is 2.82 bits per heavy atom. The molecular formula is C15H20BrN. The largest absolute Gasteiger partial charge is 0.307 e. The SMILES string of the molecule is CC(NC1CCc2cc(Br)ccc21)C1CCC1. The molecule has 2 unspecified atom stereocenters. The van der Waals surface area contributed by atoms with Gasteiger partial charge in [0.25, 0.3) is 0 Å². The number of aryl methyl sites for hydroxylation is 1. The summed E-state index contributed by atoms with van der Waals surface area (Å²) in [6, 6.07) is 8.02. The Morgan fingerprint density at radius 2 is 2.12 bits per heavy atom. The molecule has 2 heteroatoms. The molecule has 2 atom stereocenters. The second-order valence-electron chi connectivity index (χ2n) is 5.58. The van der Waals surface area contributed by atoms with Crippen molar-refractivity contribution in [3.05, 3.63) is 33.8 Å². The fourth-order valence-electron chi connectivity index (χ4n) is 3.15. The van der Waals surface area contributed by atoms with Crippen molar-refractivity contribution >= 4 is 15.9 Å². The number of fused-ring (bicyclic) bond motifs is 1. The van der Waals surface area contributed by atoms with Crippen LogP contribution >= 0.6 is 15.9 Å². The summed E-state index contributed by atoms with van der Waals surface area (Å²) in [7, 11) is 0.